The van der Waals surface area contributed by atoms with Crippen molar-refractivity contribution in [1.29, 1.82) is 0 Å². The molecule has 0 heterocycles. The highest BCUT2D eigenvalue weighted by molar-refractivity contribution is 9.10. The summed E-state index contributed by atoms with van der Waals surface area (Å²) in [5.74, 6) is -0.294. The van der Waals surface area contributed by atoms with Gasteiger partial charge in [0.15, 0.2) is 6.10 Å². The lowest BCUT2D eigenvalue weighted by Gasteiger charge is -2.15. The van der Waals surface area contributed by atoms with Gasteiger partial charge in [0.1, 0.15) is 11.6 Å². The van der Waals surface area contributed by atoms with Crippen LogP contribution in [0.1, 0.15) is 12.5 Å². The number of rotatable bonds is 4. The summed E-state index contributed by atoms with van der Waals surface area (Å²) in [5, 5.41) is 2.53. The van der Waals surface area contributed by atoms with Crippen LogP contribution >= 0.6 is 15.9 Å². The molecule has 2 aromatic rings. The molecule has 0 saturated carbocycles. The fraction of sp³-hybridized carbons (Fsp3) is 0.188. The molecule has 0 spiro atoms. The molecule has 21 heavy (non-hydrogen) atoms. The molecule has 0 radical (unpaired) electrons. The number of carbonyl (C=O) groups is 1. The highest BCUT2D eigenvalue weighted by Crippen LogP contribution is 2.19. The standard InChI is InChI=1S/C16H15BrFNO2/c1-10-3-8-14(18)15(9-10)19-16(20)11(2)21-13-6-4-12(17)5-7-13/h3-9,11H,1-2H3,(H,19,20). The van der Waals surface area contributed by atoms with E-state index in [0.717, 1.165) is 10.0 Å². The quantitative estimate of drug-likeness (QED) is 0.891. The van der Waals surface area contributed by atoms with E-state index in [1.54, 1.807) is 31.2 Å². The van der Waals surface area contributed by atoms with Crippen LogP contribution in [0.15, 0.2) is 46.9 Å². The first-order valence-electron chi connectivity index (χ1n) is 6.45. The van der Waals surface area contributed by atoms with E-state index < -0.39 is 17.8 Å². The monoisotopic (exact) mass is 351 g/mol. The summed E-state index contributed by atoms with van der Waals surface area (Å²) in [6.45, 7) is 3.45. The molecule has 1 unspecified atom stereocenters. The van der Waals surface area contributed by atoms with Gasteiger partial charge >= 0.3 is 0 Å². The predicted octanol–water partition coefficient (Wildman–Crippen LogP) is 4.30. The number of hydrogen-bond acceptors (Lipinski definition) is 2. The second-order valence-electron chi connectivity index (χ2n) is 4.69. The van der Waals surface area contributed by atoms with Crippen molar-refractivity contribution >= 4 is 27.5 Å². The van der Waals surface area contributed by atoms with E-state index in [0.29, 0.717) is 5.75 Å². The molecule has 1 N–H and O–H groups in total. The topological polar surface area (TPSA) is 38.3 Å². The van der Waals surface area contributed by atoms with Gasteiger partial charge in [-0.1, -0.05) is 22.0 Å². The van der Waals surface area contributed by atoms with E-state index in [1.807, 2.05) is 19.1 Å². The zero-order chi connectivity index (χ0) is 15.4. The van der Waals surface area contributed by atoms with E-state index in [9.17, 15) is 9.18 Å². The molecule has 0 aliphatic rings. The number of benzene rings is 2. The van der Waals surface area contributed by atoms with Crippen molar-refractivity contribution in [3.05, 3.63) is 58.3 Å². The van der Waals surface area contributed by atoms with Gasteiger partial charge in [-0.05, 0) is 55.8 Å². The zero-order valence-corrected chi connectivity index (χ0v) is 13.3. The predicted molar refractivity (Wildman–Crippen MR) is 84.0 cm³/mol. The minimum atomic E-state index is -0.730. The Morgan fingerprint density at radius 2 is 1.90 bits per heavy atom. The minimum absolute atomic E-state index is 0.159. The van der Waals surface area contributed by atoms with E-state index in [-0.39, 0.29) is 5.69 Å². The van der Waals surface area contributed by atoms with Crippen LogP contribution in [0.4, 0.5) is 10.1 Å². The van der Waals surface area contributed by atoms with Gasteiger partial charge in [-0.25, -0.2) is 4.39 Å². The Morgan fingerprint density at radius 3 is 2.57 bits per heavy atom. The summed E-state index contributed by atoms with van der Waals surface area (Å²) in [6.07, 6.45) is -0.730. The second kappa shape index (κ2) is 6.72. The Bertz CT molecular complexity index is 643. The van der Waals surface area contributed by atoms with Crippen LogP contribution in [0.25, 0.3) is 0 Å². The van der Waals surface area contributed by atoms with E-state index in [2.05, 4.69) is 21.2 Å². The van der Waals surface area contributed by atoms with Crippen molar-refractivity contribution < 1.29 is 13.9 Å². The molecule has 110 valence electrons. The molecule has 2 aromatic carbocycles. The van der Waals surface area contributed by atoms with Crippen LogP contribution in [0.2, 0.25) is 0 Å². The first kappa shape index (κ1) is 15.5. The Morgan fingerprint density at radius 1 is 1.24 bits per heavy atom. The largest absolute Gasteiger partial charge is 0.481 e. The maximum atomic E-state index is 13.6. The van der Waals surface area contributed by atoms with Gasteiger partial charge < -0.3 is 10.1 Å². The molecule has 5 heteroatoms. The number of halogens is 2. The van der Waals surface area contributed by atoms with Crippen LogP contribution in [-0.2, 0) is 4.79 Å². The number of ether oxygens (including phenoxy) is 1. The molecular weight excluding hydrogens is 337 g/mol. The van der Waals surface area contributed by atoms with Crippen LogP contribution in [0, 0.1) is 12.7 Å². The normalized spacial score (nSPS) is 11.8. The molecule has 2 rings (SSSR count). The lowest BCUT2D eigenvalue weighted by atomic mass is 10.2. The first-order chi connectivity index (χ1) is 9.95. The molecule has 0 aromatic heterocycles. The summed E-state index contributed by atoms with van der Waals surface area (Å²) < 4.78 is 20.0. The van der Waals surface area contributed by atoms with Gasteiger partial charge in [0.05, 0.1) is 5.69 Å². The van der Waals surface area contributed by atoms with Crippen LogP contribution < -0.4 is 10.1 Å². The van der Waals surface area contributed by atoms with Crippen molar-refractivity contribution in [2.45, 2.75) is 20.0 Å². The van der Waals surface area contributed by atoms with Crippen LogP contribution in [0.3, 0.4) is 0 Å². The van der Waals surface area contributed by atoms with Gasteiger partial charge in [0.25, 0.3) is 5.91 Å². The fourth-order valence-corrected chi connectivity index (χ4v) is 2.00. The number of hydrogen-bond donors (Lipinski definition) is 1. The van der Waals surface area contributed by atoms with E-state index >= 15 is 0 Å². The summed E-state index contributed by atoms with van der Waals surface area (Å²) in [4.78, 5) is 12.0. The lowest BCUT2D eigenvalue weighted by Crippen LogP contribution is -2.30. The SMILES string of the molecule is Cc1ccc(F)c(NC(=O)C(C)Oc2ccc(Br)cc2)c1. The highest BCUT2D eigenvalue weighted by Gasteiger charge is 2.16. The number of nitrogens with one attached hydrogen (secondary N) is 1. The molecule has 0 aliphatic carbocycles. The summed E-state index contributed by atoms with van der Waals surface area (Å²) in [5.41, 5.74) is 1.03. The Labute approximate surface area is 131 Å². The number of carbonyl (C=O) groups excluding carboxylic acids is 1. The maximum absolute atomic E-state index is 13.6. The zero-order valence-electron chi connectivity index (χ0n) is 11.7. The summed E-state index contributed by atoms with van der Waals surface area (Å²) >= 11 is 3.32. The van der Waals surface area contributed by atoms with Crippen molar-refractivity contribution in [3.63, 3.8) is 0 Å². The van der Waals surface area contributed by atoms with Crippen molar-refractivity contribution in [3.8, 4) is 5.75 Å². The minimum Gasteiger partial charge on any atom is -0.481 e. The molecule has 0 aliphatic heterocycles. The Kier molecular flexibility index (Phi) is 4.96. The Balaban J connectivity index is 2.02. The van der Waals surface area contributed by atoms with E-state index in [4.69, 9.17) is 4.74 Å². The smallest absolute Gasteiger partial charge is 0.265 e. The third kappa shape index (κ3) is 4.29. The fourth-order valence-electron chi connectivity index (χ4n) is 1.74. The number of aryl methyl sites for hydroxylation is 1. The van der Waals surface area contributed by atoms with Crippen LogP contribution in [-0.4, -0.2) is 12.0 Å². The summed E-state index contributed by atoms with van der Waals surface area (Å²) in [6, 6.07) is 11.7. The van der Waals surface area contributed by atoms with Gasteiger partial charge in [-0.3, -0.25) is 4.79 Å². The number of anilines is 1. The van der Waals surface area contributed by atoms with Gasteiger partial charge in [0, 0.05) is 4.47 Å². The lowest BCUT2D eigenvalue weighted by molar-refractivity contribution is -0.122. The third-order valence-electron chi connectivity index (χ3n) is 2.88. The molecule has 3 nitrogen and oxygen atoms in total. The Hall–Kier alpha value is -1.88. The first-order valence-corrected chi connectivity index (χ1v) is 7.24. The molecule has 0 saturated heterocycles. The maximum Gasteiger partial charge on any atom is 0.265 e. The van der Waals surface area contributed by atoms with Gasteiger partial charge in [-0.15, -0.1) is 0 Å². The molecule has 1 atom stereocenters. The van der Waals surface area contributed by atoms with Crippen molar-refractivity contribution in [1.82, 2.24) is 0 Å². The third-order valence-corrected chi connectivity index (χ3v) is 3.40. The molecule has 0 bridgehead atoms. The molecular formula is C16H15BrFNO2. The number of amides is 1. The second-order valence-corrected chi connectivity index (χ2v) is 5.60. The average Bonchev–Trinajstić information content (AvgIpc) is 2.45. The van der Waals surface area contributed by atoms with Crippen LogP contribution in [0.5, 0.6) is 5.75 Å². The van der Waals surface area contributed by atoms with Gasteiger partial charge in [-0.2, -0.15) is 0 Å². The van der Waals surface area contributed by atoms with Crippen molar-refractivity contribution in [2.24, 2.45) is 0 Å². The van der Waals surface area contributed by atoms with Gasteiger partial charge in [0.2, 0.25) is 0 Å². The van der Waals surface area contributed by atoms with E-state index in [1.165, 1.54) is 6.07 Å². The highest BCUT2D eigenvalue weighted by atomic mass is 79.9. The molecule has 1 amide bonds. The molecule has 0 fully saturated rings. The van der Waals surface area contributed by atoms with Crippen molar-refractivity contribution in [2.75, 3.05) is 5.32 Å². The summed E-state index contributed by atoms with van der Waals surface area (Å²) in [7, 11) is 0. The average molecular weight is 352 g/mol.